The van der Waals surface area contributed by atoms with E-state index in [1.165, 1.54) is 11.8 Å². The fraction of sp³-hybridized carbons (Fsp3) is 0.200. The monoisotopic (exact) mass is 369 g/mol. The number of thioether (sulfide) groups is 1. The van der Waals surface area contributed by atoms with Crippen molar-refractivity contribution in [1.29, 1.82) is 0 Å². The van der Waals surface area contributed by atoms with Gasteiger partial charge in [0.1, 0.15) is 5.04 Å². The highest BCUT2D eigenvalue weighted by atomic mass is 32.2. The first-order valence-electron chi connectivity index (χ1n) is 7.95. The molecule has 0 N–H and O–H groups in total. The van der Waals surface area contributed by atoms with E-state index in [0.29, 0.717) is 27.2 Å². The highest BCUT2D eigenvalue weighted by Crippen LogP contribution is 2.40. The van der Waals surface area contributed by atoms with Gasteiger partial charge in [-0.05, 0) is 30.7 Å². The summed E-state index contributed by atoms with van der Waals surface area (Å²) < 4.78 is 16.0. The van der Waals surface area contributed by atoms with Crippen LogP contribution in [0.3, 0.4) is 0 Å². The van der Waals surface area contributed by atoms with Crippen LogP contribution in [0, 0.1) is 6.92 Å². The Bertz CT molecular complexity index is 876. The highest BCUT2D eigenvalue weighted by Gasteiger charge is 2.23. The lowest BCUT2D eigenvalue weighted by Crippen LogP contribution is -1.96. The summed E-state index contributed by atoms with van der Waals surface area (Å²) in [5.41, 5.74) is 2.87. The topological polar surface area (TPSA) is 57.1 Å². The number of ether oxygens (including phenoxy) is 3. The molecule has 3 rings (SSSR count). The molecule has 0 saturated heterocycles. The highest BCUT2D eigenvalue weighted by molar-refractivity contribution is 8.19. The molecule has 6 heteroatoms. The maximum absolute atomic E-state index is 12.3. The minimum atomic E-state index is -0.251. The van der Waals surface area contributed by atoms with Crippen LogP contribution >= 0.6 is 11.8 Å². The Labute approximate surface area is 156 Å². The Balaban J connectivity index is 1.92. The molecule has 0 fully saturated rings. The second-order valence-corrected chi connectivity index (χ2v) is 6.69. The van der Waals surface area contributed by atoms with Crippen LogP contribution in [0.5, 0.6) is 17.2 Å². The van der Waals surface area contributed by atoms with Gasteiger partial charge in [0.15, 0.2) is 11.5 Å². The van der Waals surface area contributed by atoms with Crippen molar-refractivity contribution in [2.24, 2.45) is 4.99 Å². The van der Waals surface area contributed by atoms with E-state index in [2.05, 4.69) is 4.99 Å². The number of methoxy groups -OCH3 is 3. The average Bonchev–Trinajstić information content (AvgIpc) is 3.01. The third kappa shape index (κ3) is 3.60. The van der Waals surface area contributed by atoms with Gasteiger partial charge in [0.25, 0.3) is 5.91 Å². The number of amides is 1. The van der Waals surface area contributed by atoms with Gasteiger partial charge in [0.2, 0.25) is 5.75 Å². The van der Waals surface area contributed by atoms with Crippen LogP contribution in [0.2, 0.25) is 0 Å². The fourth-order valence-corrected chi connectivity index (χ4v) is 3.48. The van der Waals surface area contributed by atoms with E-state index in [1.54, 1.807) is 39.5 Å². The molecule has 5 nitrogen and oxygen atoms in total. The molecule has 1 aliphatic heterocycles. The van der Waals surface area contributed by atoms with Gasteiger partial charge in [-0.25, -0.2) is 4.99 Å². The van der Waals surface area contributed by atoms with E-state index in [9.17, 15) is 4.79 Å². The Morgan fingerprint density at radius 2 is 1.58 bits per heavy atom. The number of rotatable bonds is 5. The first-order valence-corrected chi connectivity index (χ1v) is 8.77. The van der Waals surface area contributed by atoms with Crippen molar-refractivity contribution < 1.29 is 19.0 Å². The lowest BCUT2D eigenvalue weighted by atomic mass is 10.1. The molecule has 0 atom stereocenters. The Morgan fingerprint density at radius 3 is 2.12 bits per heavy atom. The quantitative estimate of drug-likeness (QED) is 0.743. The number of carbonyl (C=O) groups is 1. The maximum atomic E-state index is 12.3. The normalized spacial score (nSPS) is 15.2. The zero-order chi connectivity index (χ0) is 18.7. The summed E-state index contributed by atoms with van der Waals surface area (Å²) in [6.07, 6.45) is 1.78. The summed E-state index contributed by atoms with van der Waals surface area (Å²) in [6.45, 7) is 2.02. The number of hydrogen-bond donors (Lipinski definition) is 0. The molecule has 26 heavy (non-hydrogen) atoms. The van der Waals surface area contributed by atoms with Gasteiger partial charge in [-0.2, -0.15) is 0 Å². The second-order valence-electron chi connectivity index (χ2n) is 5.66. The smallest absolute Gasteiger partial charge is 0.284 e. The molecule has 1 amide bonds. The molecule has 2 aromatic rings. The van der Waals surface area contributed by atoms with Gasteiger partial charge in [0, 0.05) is 5.56 Å². The molecule has 0 saturated carbocycles. The number of hydrogen-bond acceptors (Lipinski definition) is 5. The SMILES string of the molecule is COc1cc(/C=C2/SC(c3ccc(C)cc3)=NC2=O)cc(OC)c1OC. The van der Waals surface area contributed by atoms with E-state index in [4.69, 9.17) is 14.2 Å². The summed E-state index contributed by atoms with van der Waals surface area (Å²) in [6, 6.07) is 11.5. The molecule has 2 aromatic carbocycles. The standard InChI is InChI=1S/C20H19NO4S/c1-12-5-7-14(8-6-12)20-21-19(22)17(26-20)11-13-9-15(23-2)18(25-4)16(10-13)24-3/h5-11H,1-4H3/b17-11+. The molecule has 0 spiro atoms. The molecule has 1 heterocycles. The Hall–Kier alpha value is -2.73. The predicted molar refractivity (Wildman–Crippen MR) is 104 cm³/mol. The van der Waals surface area contributed by atoms with Crippen molar-refractivity contribution in [1.82, 2.24) is 0 Å². The number of nitrogens with zero attached hydrogens (tertiary/aromatic N) is 1. The van der Waals surface area contributed by atoms with Crippen LogP contribution in [-0.4, -0.2) is 32.3 Å². The lowest BCUT2D eigenvalue weighted by Gasteiger charge is -2.13. The van der Waals surface area contributed by atoms with Gasteiger partial charge in [-0.3, -0.25) is 4.79 Å². The molecule has 1 aliphatic rings. The minimum Gasteiger partial charge on any atom is -0.493 e. The van der Waals surface area contributed by atoms with Crippen molar-refractivity contribution in [3.8, 4) is 17.2 Å². The van der Waals surface area contributed by atoms with E-state index in [0.717, 1.165) is 16.7 Å². The Kier molecular flexibility index (Phi) is 5.32. The van der Waals surface area contributed by atoms with Crippen LogP contribution in [0.25, 0.3) is 6.08 Å². The largest absolute Gasteiger partial charge is 0.493 e. The molecule has 0 radical (unpaired) electrons. The molecular formula is C20H19NO4S. The van der Waals surface area contributed by atoms with Gasteiger partial charge < -0.3 is 14.2 Å². The van der Waals surface area contributed by atoms with E-state index < -0.39 is 0 Å². The third-order valence-corrected chi connectivity index (χ3v) is 4.94. The first kappa shape index (κ1) is 18.1. The fourth-order valence-electron chi connectivity index (χ4n) is 2.56. The molecule has 134 valence electrons. The van der Waals surface area contributed by atoms with Crippen molar-refractivity contribution in [2.45, 2.75) is 6.92 Å². The van der Waals surface area contributed by atoms with Crippen molar-refractivity contribution in [3.63, 3.8) is 0 Å². The van der Waals surface area contributed by atoms with Crippen LogP contribution in [0.1, 0.15) is 16.7 Å². The summed E-state index contributed by atoms with van der Waals surface area (Å²) in [5.74, 6) is 1.33. The zero-order valence-corrected chi connectivity index (χ0v) is 15.8. The predicted octanol–water partition coefficient (Wildman–Crippen LogP) is 4.08. The molecule has 0 bridgehead atoms. The molecule has 0 aromatic heterocycles. The van der Waals surface area contributed by atoms with Crippen molar-refractivity contribution >= 4 is 28.8 Å². The van der Waals surface area contributed by atoms with Gasteiger partial charge in [0.05, 0.1) is 26.2 Å². The number of benzene rings is 2. The maximum Gasteiger partial charge on any atom is 0.284 e. The van der Waals surface area contributed by atoms with Gasteiger partial charge in [-0.15, -0.1) is 0 Å². The molecular weight excluding hydrogens is 350 g/mol. The van der Waals surface area contributed by atoms with Crippen LogP contribution in [-0.2, 0) is 4.79 Å². The van der Waals surface area contributed by atoms with E-state index in [-0.39, 0.29) is 5.91 Å². The summed E-state index contributed by atoms with van der Waals surface area (Å²) in [5, 5.41) is 0.702. The van der Waals surface area contributed by atoms with Crippen LogP contribution in [0.4, 0.5) is 0 Å². The summed E-state index contributed by atoms with van der Waals surface area (Å²) in [7, 11) is 4.67. The van der Waals surface area contributed by atoms with Gasteiger partial charge in [-0.1, -0.05) is 41.6 Å². The summed E-state index contributed by atoms with van der Waals surface area (Å²) in [4.78, 5) is 17.0. The molecule has 0 unspecified atom stereocenters. The van der Waals surface area contributed by atoms with E-state index in [1.807, 2.05) is 31.2 Å². The van der Waals surface area contributed by atoms with E-state index >= 15 is 0 Å². The van der Waals surface area contributed by atoms with Crippen LogP contribution in [0.15, 0.2) is 46.3 Å². The lowest BCUT2D eigenvalue weighted by molar-refractivity contribution is -0.113. The first-order chi connectivity index (χ1) is 12.5. The second kappa shape index (κ2) is 7.66. The zero-order valence-electron chi connectivity index (χ0n) is 15.0. The number of aryl methyl sites for hydroxylation is 1. The molecule has 0 aliphatic carbocycles. The van der Waals surface area contributed by atoms with Crippen molar-refractivity contribution in [3.05, 3.63) is 58.0 Å². The summed E-state index contributed by atoms with van der Waals surface area (Å²) >= 11 is 1.36. The number of carbonyl (C=O) groups excluding carboxylic acids is 1. The third-order valence-electron chi connectivity index (χ3n) is 3.90. The average molecular weight is 369 g/mol. The van der Waals surface area contributed by atoms with Gasteiger partial charge >= 0.3 is 0 Å². The Morgan fingerprint density at radius 1 is 0.962 bits per heavy atom. The van der Waals surface area contributed by atoms with Crippen LogP contribution < -0.4 is 14.2 Å². The number of aliphatic imine (C=N–C) groups is 1. The van der Waals surface area contributed by atoms with Crippen molar-refractivity contribution in [2.75, 3.05) is 21.3 Å². The minimum absolute atomic E-state index is 0.251.